The molecule has 0 aliphatic heterocycles. The van der Waals surface area contributed by atoms with Gasteiger partial charge in [-0.1, -0.05) is 30.3 Å². The van der Waals surface area contributed by atoms with E-state index in [2.05, 4.69) is 10.1 Å². The van der Waals surface area contributed by atoms with E-state index in [1.54, 1.807) is 20.8 Å². The number of carbonyl (C=O) groups excluding carboxylic acids is 3. The zero-order valence-corrected chi connectivity index (χ0v) is 18.5. The van der Waals surface area contributed by atoms with Crippen LogP contribution in [0, 0.1) is 0 Å². The fourth-order valence-electron chi connectivity index (χ4n) is 2.58. The van der Waals surface area contributed by atoms with E-state index < -0.39 is 35.9 Å². The molecule has 0 bridgehead atoms. The first kappa shape index (κ1) is 25.4. The Balaban J connectivity index is 3.10. The second kappa shape index (κ2) is 12.1. The van der Waals surface area contributed by atoms with Gasteiger partial charge in [-0.2, -0.15) is 0 Å². The quantitative estimate of drug-likeness (QED) is 0.453. The topological polar surface area (TPSA) is 103 Å². The molecule has 0 saturated carbocycles. The van der Waals surface area contributed by atoms with E-state index in [9.17, 15) is 14.4 Å². The zero-order chi connectivity index (χ0) is 22.7. The van der Waals surface area contributed by atoms with Gasteiger partial charge in [-0.15, -0.1) is 0 Å². The van der Waals surface area contributed by atoms with Crippen molar-refractivity contribution in [1.82, 2.24) is 10.2 Å². The lowest BCUT2D eigenvalue weighted by Crippen LogP contribution is -2.52. The second-order valence-electron chi connectivity index (χ2n) is 7.58. The van der Waals surface area contributed by atoms with Gasteiger partial charge < -0.3 is 29.2 Å². The van der Waals surface area contributed by atoms with E-state index in [1.165, 1.54) is 26.2 Å². The van der Waals surface area contributed by atoms with Crippen LogP contribution in [0.4, 0.5) is 4.79 Å². The van der Waals surface area contributed by atoms with Crippen LogP contribution < -0.4 is 5.32 Å². The molecule has 1 aromatic rings. The van der Waals surface area contributed by atoms with Gasteiger partial charge in [-0.05, 0) is 26.3 Å². The van der Waals surface area contributed by atoms with E-state index in [0.29, 0.717) is 0 Å². The van der Waals surface area contributed by atoms with Gasteiger partial charge >= 0.3 is 12.1 Å². The molecule has 0 aliphatic carbocycles. The fourth-order valence-corrected chi connectivity index (χ4v) is 2.58. The summed E-state index contributed by atoms with van der Waals surface area (Å²) in [7, 11) is 4.14. The van der Waals surface area contributed by atoms with Crippen LogP contribution in [0.25, 0.3) is 0 Å². The minimum Gasteiger partial charge on any atom is -0.469 e. The smallest absolute Gasteiger partial charge is 0.408 e. The minimum atomic E-state index is -1.18. The number of ether oxygens (including phenoxy) is 4. The molecule has 0 aromatic heterocycles. The number of methoxy groups -OCH3 is 3. The Bertz CT molecular complexity index is 684. The van der Waals surface area contributed by atoms with E-state index in [0.717, 1.165) is 5.56 Å². The standard InChI is InChI=1S/C21H32N2O7/c1-21(2,3)30-20(26)22-16(12-17(24)27-4)19(25)23(14-18(28-5)29-6)13-15-10-8-7-9-11-15/h7-11,16,18H,12-14H2,1-6H3,(H,22,26)/t16-/m1/s1. The first-order chi connectivity index (χ1) is 14.1. The lowest BCUT2D eigenvalue weighted by molar-refractivity contribution is -0.151. The summed E-state index contributed by atoms with van der Waals surface area (Å²) < 4.78 is 20.4. The van der Waals surface area contributed by atoms with Crippen LogP contribution in [-0.2, 0) is 35.1 Å². The molecule has 1 atom stereocenters. The summed E-state index contributed by atoms with van der Waals surface area (Å²) in [5.41, 5.74) is 0.107. The van der Waals surface area contributed by atoms with Gasteiger partial charge in [0.15, 0.2) is 6.29 Å². The van der Waals surface area contributed by atoms with Crippen LogP contribution in [0.1, 0.15) is 32.8 Å². The van der Waals surface area contributed by atoms with Crippen molar-refractivity contribution < 1.29 is 33.3 Å². The van der Waals surface area contributed by atoms with Crippen molar-refractivity contribution in [1.29, 1.82) is 0 Å². The van der Waals surface area contributed by atoms with Gasteiger partial charge in [0.25, 0.3) is 0 Å². The lowest BCUT2D eigenvalue weighted by Gasteiger charge is -2.30. The first-order valence-corrected chi connectivity index (χ1v) is 9.54. The van der Waals surface area contributed by atoms with Gasteiger partial charge in [0.05, 0.1) is 20.1 Å². The molecule has 2 amide bonds. The number of hydrogen-bond acceptors (Lipinski definition) is 7. The monoisotopic (exact) mass is 424 g/mol. The minimum absolute atomic E-state index is 0.0917. The SMILES string of the molecule is COC(=O)C[C@@H](NC(=O)OC(C)(C)C)C(=O)N(Cc1ccccc1)CC(OC)OC. The lowest BCUT2D eigenvalue weighted by atomic mass is 10.1. The third-order valence-electron chi connectivity index (χ3n) is 4.01. The highest BCUT2D eigenvalue weighted by Gasteiger charge is 2.31. The highest BCUT2D eigenvalue weighted by molar-refractivity contribution is 5.89. The highest BCUT2D eigenvalue weighted by Crippen LogP contribution is 2.12. The summed E-state index contributed by atoms with van der Waals surface area (Å²) in [5, 5.41) is 2.48. The van der Waals surface area contributed by atoms with Crippen LogP contribution in [0.15, 0.2) is 30.3 Å². The highest BCUT2D eigenvalue weighted by atomic mass is 16.7. The predicted octanol–water partition coefficient (Wildman–Crippen LogP) is 2.09. The summed E-state index contributed by atoms with van der Waals surface area (Å²) in [4.78, 5) is 38.9. The van der Waals surface area contributed by atoms with Gasteiger partial charge in [0, 0.05) is 20.8 Å². The number of carbonyl (C=O) groups is 3. The number of esters is 1. The molecule has 0 saturated heterocycles. The van der Waals surface area contributed by atoms with Crippen molar-refractivity contribution in [2.24, 2.45) is 0 Å². The third kappa shape index (κ3) is 9.23. The summed E-state index contributed by atoms with van der Waals surface area (Å²) >= 11 is 0. The molecule has 0 aliphatic rings. The van der Waals surface area contributed by atoms with Crippen molar-refractivity contribution in [2.45, 2.75) is 51.7 Å². The van der Waals surface area contributed by atoms with Crippen LogP contribution in [0.3, 0.4) is 0 Å². The van der Waals surface area contributed by atoms with Crippen molar-refractivity contribution in [3.8, 4) is 0 Å². The molecular weight excluding hydrogens is 392 g/mol. The molecule has 1 N–H and O–H groups in total. The maximum absolute atomic E-state index is 13.3. The molecule has 9 nitrogen and oxygen atoms in total. The Kier molecular flexibility index (Phi) is 10.3. The predicted molar refractivity (Wildman–Crippen MR) is 109 cm³/mol. The molecule has 9 heteroatoms. The largest absolute Gasteiger partial charge is 0.469 e. The van der Waals surface area contributed by atoms with Gasteiger partial charge in [-0.25, -0.2) is 4.79 Å². The molecular formula is C21H32N2O7. The Hall–Kier alpha value is -2.65. The number of alkyl carbamates (subject to hydrolysis) is 1. The van der Waals surface area contributed by atoms with Crippen molar-refractivity contribution >= 4 is 18.0 Å². The summed E-state index contributed by atoms with van der Waals surface area (Å²) in [6.45, 7) is 5.43. The number of amides is 2. The maximum Gasteiger partial charge on any atom is 0.408 e. The first-order valence-electron chi connectivity index (χ1n) is 9.54. The molecule has 1 rings (SSSR count). The van der Waals surface area contributed by atoms with Crippen LogP contribution in [0.2, 0.25) is 0 Å². The fraction of sp³-hybridized carbons (Fsp3) is 0.571. The van der Waals surface area contributed by atoms with E-state index in [1.807, 2.05) is 30.3 Å². The summed E-state index contributed by atoms with van der Waals surface area (Å²) in [6, 6.07) is 8.13. The number of benzene rings is 1. The zero-order valence-electron chi connectivity index (χ0n) is 18.5. The number of rotatable bonds is 10. The Morgan fingerprint density at radius 3 is 2.13 bits per heavy atom. The van der Waals surface area contributed by atoms with E-state index in [-0.39, 0.29) is 19.5 Å². The molecule has 0 radical (unpaired) electrons. The molecule has 0 heterocycles. The van der Waals surface area contributed by atoms with Crippen LogP contribution >= 0.6 is 0 Å². The number of hydrogen-bond donors (Lipinski definition) is 1. The summed E-state index contributed by atoms with van der Waals surface area (Å²) in [6.07, 6.45) is -1.83. The average Bonchev–Trinajstić information content (AvgIpc) is 2.69. The van der Waals surface area contributed by atoms with Gasteiger partial charge in [0.2, 0.25) is 5.91 Å². The average molecular weight is 424 g/mol. The van der Waals surface area contributed by atoms with E-state index >= 15 is 0 Å². The van der Waals surface area contributed by atoms with Crippen molar-refractivity contribution in [2.75, 3.05) is 27.9 Å². The van der Waals surface area contributed by atoms with Crippen molar-refractivity contribution in [3.63, 3.8) is 0 Å². The normalized spacial score (nSPS) is 12.2. The van der Waals surface area contributed by atoms with E-state index in [4.69, 9.17) is 14.2 Å². The molecule has 0 fully saturated rings. The molecule has 30 heavy (non-hydrogen) atoms. The molecule has 1 aromatic carbocycles. The van der Waals surface area contributed by atoms with Crippen LogP contribution in [-0.4, -0.2) is 68.7 Å². The second-order valence-corrected chi connectivity index (χ2v) is 7.58. The summed E-state index contributed by atoms with van der Waals surface area (Å²) in [5.74, 6) is -1.13. The van der Waals surface area contributed by atoms with Crippen molar-refractivity contribution in [3.05, 3.63) is 35.9 Å². The number of nitrogens with one attached hydrogen (secondary N) is 1. The maximum atomic E-state index is 13.3. The molecule has 0 spiro atoms. The van der Waals surface area contributed by atoms with Gasteiger partial charge in [0.1, 0.15) is 11.6 Å². The third-order valence-corrected chi connectivity index (χ3v) is 4.01. The van der Waals surface area contributed by atoms with Crippen LogP contribution in [0.5, 0.6) is 0 Å². The Morgan fingerprint density at radius 1 is 1.03 bits per heavy atom. The molecule has 168 valence electrons. The Morgan fingerprint density at radius 2 is 1.63 bits per heavy atom. The Labute approximate surface area is 177 Å². The molecule has 0 unspecified atom stereocenters. The number of nitrogens with zero attached hydrogens (tertiary/aromatic N) is 1. The van der Waals surface area contributed by atoms with Gasteiger partial charge in [-0.3, -0.25) is 9.59 Å².